The molecule has 0 aromatic carbocycles. The topological polar surface area (TPSA) is 63.6 Å². The Hall–Kier alpha value is -1.40. The Kier molecular flexibility index (Phi) is 5.00. The molecule has 0 unspecified atom stereocenters. The summed E-state index contributed by atoms with van der Waals surface area (Å²) >= 11 is 1.64. The molecule has 0 amide bonds. The van der Waals surface area contributed by atoms with Gasteiger partial charge >= 0.3 is 0 Å². The molecule has 2 aromatic heterocycles. The van der Waals surface area contributed by atoms with Crippen LogP contribution in [-0.4, -0.2) is 32.5 Å². The Labute approximate surface area is 130 Å². The molecule has 0 fully saturated rings. The molecule has 0 bridgehead atoms. The van der Waals surface area contributed by atoms with Crippen LogP contribution >= 0.6 is 11.3 Å². The average Bonchev–Trinajstić information content (AvgIpc) is 2.86. The zero-order chi connectivity index (χ0) is 15.5. The van der Waals surface area contributed by atoms with Gasteiger partial charge in [0.25, 0.3) is 0 Å². The second kappa shape index (κ2) is 6.58. The quantitative estimate of drug-likeness (QED) is 0.920. The average molecular weight is 305 g/mol. The minimum Gasteiger partial charge on any atom is -0.312 e. The van der Waals surface area contributed by atoms with Gasteiger partial charge in [0.2, 0.25) is 0 Å². The molecule has 2 heterocycles. The maximum Gasteiger partial charge on any atom is 0.149 e. The summed E-state index contributed by atoms with van der Waals surface area (Å²) in [5, 5.41) is 22.5. The van der Waals surface area contributed by atoms with Crippen LogP contribution in [0.3, 0.4) is 0 Å². The molecule has 2 aromatic rings. The van der Waals surface area contributed by atoms with Gasteiger partial charge in [0.15, 0.2) is 0 Å². The molecule has 1 N–H and O–H groups in total. The molecule has 2 rings (SSSR count). The van der Waals surface area contributed by atoms with Crippen LogP contribution in [0.2, 0.25) is 0 Å². The number of nitrogens with zero attached hydrogens (tertiary/aromatic N) is 4. The summed E-state index contributed by atoms with van der Waals surface area (Å²) < 4.78 is 0. The summed E-state index contributed by atoms with van der Waals surface area (Å²) in [6.07, 6.45) is 1.75. The Morgan fingerprint density at radius 1 is 1.14 bits per heavy atom. The van der Waals surface area contributed by atoms with Crippen LogP contribution in [0.1, 0.15) is 44.1 Å². The van der Waals surface area contributed by atoms with E-state index in [1.807, 2.05) is 13.0 Å². The van der Waals surface area contributed by atoms with Gasteiger partial charge in [-0.1, -0.05) is 18.3 Å². The third kappa shape index (κ3) is 4.54. The van der Waals surface area contributed by atoms with Crippen LogP contribution in [0.15, 0.2) is 6.07 Å². The summed E-state index contributed by atoms with van der Waals surface area (Å²) in [6.45, 7) is 11.4. The van der Waals surface area contributed by atoms with Gasteiger partial charge in [-0.05, 0) is 40.2 Å². The molecule has 114 valence electrons. The minimum absolute atomic E-state index is 0.134. The maximum atomic E-state index is 4.32. The zero-order valence-corrected chi connectivity index (χ0v) is 14.2. The van der Waals surface area contributed by atoms with Crippen molar-refractivity contribution in [3.63, 3.8) is 0 Å². The highest BCUT2D eigenvalue weighted by atomic mass is 32.1. The number of hydrogen-bond acceptors (Lipinski definition) is 6. The van der Waals surface area contributed by atoms with E-state index in [1.54, 1.807) is 11.3 Å². The summed E-state index contributed by atoms with van der Waals surface area (Å²) in [4.78, 5) is 0. The number of aromatic nitrogens is 4. The van der Waals surface area contributed by atoms with Gasteiger partial charge < -0.3 is 5.32 Å². The van der Waals surface area contributed by atoms with Crippen LogP contribution in [0, 0.1) is 6.92 Å². The lowest BCUT2D eigenvalue weighted by Crippen LogP contribution is -2.37. The molecule has 0 saturated heterocycles. The van der Waals surface area contributed by atoms with E-state index >= 15 is 0 Å². The van der Waals surface area contributed by atoms with Gasteiger partial charge in [-0.3, -0.25) is 0 Å². The zero-order valence-electron chi connectivity index (χ0n) is 13.4. The van der Waals surface area contributed by atoms with E-state index < -0.39 is 0 Å². The highest BCUT2D eigenvalue weighted by Crippen LogP contribution is 2.26. The second-order valence-electron chi connectivity index (χ2n) is 6.13. The molecular formula is C15H23N5S. The van der Waals surface area contributed by atoms with Crippen LogP contribution in [0.4, 0.5) is 0 Å². The third-order valence-electron chi connectivity index (χ3n) is 3.02. The predicted octanol–water partition coefficient (Wildman–Crippen LogP) is 2.80. The van der Waals surface area contributed by atoms with Crippen molar-refractivity contribution in [1.82, 2.24) is 25.7 Å². The van der Waals surface area contributed by atoms with Crippen molar-refractivity contribution >= 4 is 11.3 Å². The monoisotopic (exact) mass is 305 g/mol. The lowest BCUT2D eigenvalue weighted by Gasteiger charge is -2.19. The lowest BCUT2D eigenvalue weighted by atomic mass is 10.1. The molecule has 0 saturated carbocycles. The fourth-order valence-electron chi connectivity index (χ4n) is 1.97. The Bertz CT molecular complexity index is 600. The largest absolute Gasteiger partial charge is 0.312 e. The standard InChI is InChI=1S/C15H23N5S/c1-6-12-11(9-10(2)17-18-12)14-20-19-13(21-14)7-8-16-15(3,4)5/h9,16H,6-8H2,1-5H3. The van der Waals surface area contributed by atoms with E-state index in [0.29, 0.717) is 0 Å². The molecule has 0 atom stereocenters. The number of hydrogen-bond donors (Lipinski definition) is 1. The summed E-state index contributed by atoms with van der Waals surface area (Å²) in [5.74, 6) is 0. The summed E-state index contributed by atoms with van der Waals surface area (Å²) in [6, 6.07) is 2.05. The molecule has 6 heteroatoms. The third-order valence-corrected chi connectivity index (χ3v) is 4.04. The molecule has 0 aliphatic heterocycles. The number of nitrogens with one attached hydrogen (secondary N) is 1. The molecule has 0 aliphatic carbocycles. The van der Waals surface area contributed by atoms with Gasteiger partial charge in [0, 0.05) is 24.1 Å². The first-order valence-corrected chi connectivity index (χ1v) is 8.11. The van der Waals surface area contributed by atoms with Crippen molar-refractivity contribution in [2.45, 2.75) is 53.0 Å². The van der Waals surface area contributed by atoms with E-state index in [1.165, 1.54) is 0 Å². The van der Waals surface area contributed by atoms with Crippen LogP contribution in [0.25, 0.3) is 10.6 Å². The van der Waals surface area contributed by atoms with Gasteiger partial charge in [-0.15, -0.1) is 10.2 Å². The van der Waals surface area contributed by atoms with Gasteiger partial charge in [0.1, 0.15) is 10.0 Å². The fourth-order valence-corrected chi connectivity index (χ4v) is 2.85. The Morgan fingerprint density at radius 2 is 1.90 bits per heavy atom. The molecule has 0 aliphatic rings. The number of aryl methyl sites for hydroxylation is 2. The fraction of sp³-hybridized carbons (Fsp3) is 0.600. The summed E-state index contributed by atoms with van der Waals surface area (Å²) in [5.41, 5.74) is 3.09. The van der Waals surface area contributed by atoms with Crippen molar-refractivity contribution in [1.29, 1.82) is 0 Å². The van der Waals surface area contributed by atoms with E-state index in [9.17, 15) is 0 Å². The maximum absolute atomic E-state index is 4.32. The second-order valence-corrected chi connectivity index (χ2v) is 7.19. The molecule has 5 nitrogen and oxygen atoms in total. The van der Waals surface area contributed by atoms with Crippen LogP contribution in [0.5, 0.6) is 0 Å². The van der Waals surface area contributed by atoms with E-state index in [2.05, 4.69) is 53.4 Å². The summed E-state index contributed by atoms with van der Waals surface area (Å²) in [7, 11) is 0. The van der Waals surface area contributed by atoms with Crippen LogP contribution < -0.4 is 5.32 Å². The minimum atomic E-state index is 0.134. The first-order valence-electron chi connectivity index (χ1n) is 7.30. The Morgan fingerprint density at radius 3 is 2.57 bits per heavy atom. The van der Waals surface area contributed by atoms with E-state index in [4.69, 9.17) is 0 Å². The normalized spacial score (nSPS) is 11.9. The van der Waals surface area contributed by atoms with Gasteiger partial charge in [0.05, 0.1) is 11.4 Å². The Balaban J connectivity index is 2.11. The smallest absolute Gasteiger partial charge is 0.149 e. The molecule has 21 heavy (non-hydrogen) atoms. The molecule has 0 radical (unpaired) electrons. The predicted molar refractivity (Wildman–Crippen MR) is 86.5 cm³/mol. The van der Waals surface area contributed by atoms with Gasteiger partial charge in [-0.2, -0.15) is 10.2 Å². The SMILES string of the molecule is CCc1nnc(C)cc1-c1nnc(CCNC(C)(C)C)s1. The van der Waals surface area contributed by atoms with Crippen molar-refractivity contribution in [2.24, 2.45) is 0 Å². The highest BCUT2D eigenvalue weighted by Gasteiger charge is 2.13. The first kappa shape index (κ1) is 16.0. The first-order chi connectivity index (χ1) is 9.89. The van der Waals surface area contributed by atoms with Crippen LogP contribution in [-0.2, 0) is 12.8 Å². The van der Waals surface area contributed by atoms with Crippen molar-refractivity contribution in [3.8, 4) is 10.6 Å². The van der Waals surface area contributed by atoms with Crippen molar-refractivity contribution in [2.75, 3.05) is 6.54 Å². The molecular weight excluding hydrogens is 282 g/mol. The van der Waals surface area contributed by atoms with E-state index in [-0.39, 0.29) is 5.54 Å². The highest BCUT2D eigenvalue weighted by molar-refractivity contribution is 7.14. The van der Waals surface area contributed by atoms with Crippen molar-refractivity contribution < 1.29 is 0 Å². The van der Waals surface area contributed by atoms with E-state index in [0.717, 1.165) is 46.4 Å². The molecule has 0 spiro atoms. The van der Waals surface area contributed by atoms with Crippen molar-refractivity contribution in [3.05, 3.63) is 22.5 Å². The number of rotatable bonds is 5. The lowest BCUT2D eigenvalue weighted by molar-refractivity contribution is 0.429. The van der Waals surface area contributed by atoms with Gasteiger partial charge in [-0.25, -0.2) is 0 Å².